The van der Waals surface area contributed by atoms with Crippen LogP contribution in [0, 0.1) is 11.7 Å². The van der Waals surface area contributed by atoms with E-state index in [1.807, 2.05) is 7.05 Å². The van der Waals surface area contributed by atoms with Crippen LogP contribution in [-0.2, 0) is 0 Å². The minimum Gasteiger partial charge on any atom is -0.493 e. The number of nitrogens with one attached hydrogen (secondary N) is 1. The molecule has 0 spiro atoms. The third-order valence-electron chi connectivity index (χ3n) is 4.02. The average Bonchev–Trinajstić information content (AvgIpc) is 2.94. The van der Waals surface area contributed by atoms with E-state index in [9.17, 15) is 4.39 Å². The van der Waals surface area contributed by atoms with E-state index in [2.05, 4.69) is 5.32 Å². The van der Waals surface area contributed by atoms with Gasteiger partial charge in [0.15, 0.2) is 11.5 Å². The molecule has 0 heterocycles. The number of benzene rings is 1. The number of ether oxygens (including phenoxy) is 2. The van der Waals surface area contributed by atoms with Crippen LogP contribution >= 0.6 is 0 Å². The number of methoxy groups -OCH3 is 2. The molecule has 4 heteroatoms. The zero-order chi connectivity index (χ0) is 13.8. The van der Waals surface area contributed by atoms with Gasteiger partial charge in [-0.3, -0.25) is 0 Å². The van der Waals surface area contributed by atoms with E-state index >= 15 is 0 Å². The Morgan fingerprint density at radius 2 is 1.74 bits per heavy atom. The number of halogens is 1. The second-order valence-corrected chi connectivity index (χ2v) is 5.04. The quantitative estimate of drug-likeness (QED) is 0.888. The zero-order valence-corrected chi connectivity index (χ0v) is 11.8. The molecule has 0 saturated heterocycles. The Bertz CT molecular complexity index is 430. The van der Waals surface area contributed by atoms with Crippen LogP contribution in [-0.4, -0.2) is 21.3 Å². The fraction of sp³-hybridized carbons (Fsp3) is 0.600. The molecule has 0 radical (unpaired) electrons. The lowest BCUT2D eigenvalue weighted by Gasteiger charge is -2.24. The van der Waals surface area contributed by atoms with Crippen molar-refractivity contribution >= 4 is 0 Å². The van der Waals surface area contributed by atoms with E-state index in [1.165, 1.54) is 26.0 Å². The van der Waals surface area contributed by atoms with Crippen molar-refractivity contribution in [3.8, 4) is 11.5 Å². The first-order valence-corrected chi connectivity index (χ1v) is 6.80. The summed E-state index contributed by atoms with van der Waals surface area (Å²) in [5, 5.41) is 3.25. The van der Waals surface area contributed by atoms with Gasteiger partial charge in [-0.05, 0) is 31.9 Å². The van der Waals surface area contributed by atoms with Crippen molar-refractivity contribution in [1.82, 2.24) is 5.32 Å². The Balaban J connectivity index is 2.36. The zero-order valence-electron chi connectivity index (χ0n) is 11.8. The van der Waals surface area contributed by atoms with Crippen LogP contribution in [0.2, 0.25) is 0 Å². The minimum atomic E-state index is -0.233. The van der Waals surface area contributed by atoms with E-state index in [0.29, 0.717) is 23.0 Å². The summed E-state index contributed by atoms with van der Waals surface area (Å²) in [5.74, 6) is 1.28. The highest BCUT2D eigenvalue weighted by Crippen LogP contribution is 2.39. The Labute approximate surface area is 114 Å². The summed E-state index contributed by atoms with van der Waals surface area (Å²) in [6.45, 7) is 0. The van der Waals surface area contributed by atoms with Gasteiger partial charge in [0, 0.05) is 17.7 Å². The molecule has 0 aromatic heterocycles. The van der Waals surface area contributed by atoms with Gasteiger partial charge in [0.2, 0.25) is 0 Å². The SMILES string of the molecule is CNC(c1cc(OC)c(OC)cc1F)C1CCCC1. The van der Waals surface area contributed by atoms with Gasteiger partial charge in [0.25, 0.3) is 0 Å². The molecule has 2 rings (SSSR count). The Morgan fingerprint density at radius 3 is 2.26 bits per heavy atom. The molecule has 19 heavy (non-hydrogen) atoms. The van der Waals surface area contributed by atoms with Gasteiger partial charge in [-0.1, -0.05) is 12.8 Å². The lowest BCUT2D eigenvalue weighted by Crippen LogP contribution is -2.24. The number of rotatable bonds is 5. The van der Waals surface area contributed by atoms with Crippen LogP contribution < -0.4 is 14.8 Å². The number of hydrogen-bond acceptors (Lipinski definition) is 3. The lowest BCUT2D eigenvalue weighted by molar-refractivity contribution is 0.343. The van der Waals surface area contributed by atoms with Crippen LogP contribution in [0.15, 0.2) is 12.1 Å². The molecule has 0 aliphatic heterocycles. The van der Waals surface area contributed by atoms with E-state index in [0.717, 1.165) is 12.8 Å². The second-order valence-electron chi connectivity index (χ2n) is 5.04. The molecule has 1 aliphatic rings. The molecule has 1 aromatic rings. The summed E-state index contributed by atoms with van der Waals surface area (Å²) in [6.07, 6.45) is 4.77. The van der Waals surface area contributed by atoms with Gasteiger partial charge in [-0.25, -0.2) is 4.39 Å². The van der Waals surface area contributed by atoms with Crippen molar-refractivity contribution in [3.63, 3.8) is 0 Å². The normalized spacial score (nSPS) is 17.5. The van der Waals surface area contributed by atoms with Gasteiger partial charge < -0.3 is 14.8 Å². The van der Waals surface area contributed by atoms with Crippen LogP contribution in [0.1, 0.15) is 37.3 Å². The maximum atomic E-state index is 14.3. The molecule has 1 aliphatic carbocycles. The average molecular weight is 267 g/mol. The predicted molar refractivity (Wildman–Crippen MR) is 73.3 cm³/mol. The topological polar surface area (TPSA) is 30.5 Å². The monoisotopic (exact) mass is 267 g/mol. The van der Waals surface area contributed by atoms with Gasteiger partial charge >= 0.3 is 0 Å². The van der Waals surface area contributed by atoms with Crippen molar-refractivity contribution in [2.75, 3.05) is 21.3 Å². The van der Waals surface area contributed by atoms with Crippen LogP contribution in [0.25, 0.3) is 0 Å². The lowest BCUT2D eigenvalue weighted by atomic mass is 9.91. The summed E-state index contributed by atoms with van der Waals surface area (Å²) in [6, 6.07) is 3.21. The van der Waals surface area contributed by atoms with E-state index in [4.69, 9.17) is 9.47 Å². The van der Waals surface area contributed by atoms with Crippen molar-refractivity contribution in [2.45, 2.75) is 31.7 Å². The van der Waals surface area contributed by atoms with Gasteiger partial charge in [-0.2, -0.15) is 0 Å². The molecular weight excluding hydrogens is 245 g/mol. The molecule has 1 fully saturated rings. The number of hydrogen-bond donors (Lipinski definition) is 1. The fourth-order valence-corrected chi connectivity index (χ4v) is 3.04. The maximum absolute atomic E-state index is 14.3. The molecule has 1 aromatic carbocycles. The van der Waals surface area contributed by atoms with E-state index in [1.54, 1.807) is 13.2 Å². The summed E-state index contributed by atoms with van der Waals surface area (Å²) >= 11 is 0. The Morgan fingerprint density at radius 1 is 1.16 bits per heavy atom. The molecular formula is C15H22FNO2. The van der Waals surface area contributed by atoms with Crippen molar-refractivity contribution < 1.29 is 13.9 Å². The van der Waals surface area contributed by atoms with E-state index in [-0.39, 0.29) is 11.9 Å². The second kappa shape index (κ2) is 6.24. The molecule has 0 bridgehead atoms. The van der Waals surface area contributed by atoms with Gasteiger partial charge in [-0.15, -0.1) is 0 Å². The van der Waals surface area contributed by atoms with E-state index < -0.39 is 0 Å². The van der Waals surface area contributed by atoms with Gasteiger partial charge in [0.05, 0.1) is 14.2 Å². The van der Waals surface area contributed by atoms with Gasteiger partial charge in [0.1, 0.15) is 5.82 Å². The first-order valence-electron chi connectivity index (χ1n) is 6.80. The summed E-state index contributed by atoms with van der Waals surface area (Å²) in [7, 11) is 4.98. The highest BCUT2D eigenvalue weighted by molar-refractivity contribution is 5.44. The van der Waals surface area contributed by atoms with Crippen molar-refractivity contribution in [2.24, 2.45) is 5.92 Å². The predicted octanol–water partition coefficient (Wildman–Crippen LogP) is 3.29. The first-order chi connectivity index (χ1) is 9.21. The van der Waals surface area contributed by atoms with Crippen LogP contribution in [0.3, 0.4) is 0 Å². The molecule has 3 nitrogen and oxygen atoms in total. The maximum Gasteiger partial charge on any atom is 0.163 e. The Kier molecular flexibility index (Phi) is 4.64. The third-order valence-corrected chi connectivity index (χ3v) is 4.02. The molecule has 1 N–H and O–H groups in total. The van der Waals surface area contributed by atoms with Crippen LogP contribution in [0.5, 0.6) is 11.5 Å². The van der Waals surface area contributed by atoms with Crippen molar-refractivity contribution in [3.05, 3.63) is 23.5 Å². The fourth-order valence-electron chi connectivity index (χ4n) is 3.04. The first kappa shape index (κ1) is 14.1. The molecule has 1 saturated carbocycles. The summed E-state index contributed by atoms with van der Waals surface area (Å²) < 4.78 is 24.7. The highest BCUT2D eigenvalue weighted by Gasteiger charge is 2.28. The smallest absolute Gasteiger partial charge is 0.163 e. The highest BCUT2D eigenvalue weighted by atomic mass is 19.1. The van der Waals surface area contributed by atoms with Crippen LogP contribution in [0.4, 0.5) is 4.39 Å². The standard InChI is InChI=1S/C15H22FNO2/c1-17-15(10-6-4-5-7-10)11-8-13(18-2)14(19-3)9-12(11)16/h8-10,15,17H,4-7H2,1-3H3. The summed E-state index contributed by atoms with van der Waals surface area (Å²) in [5.41, 5.74) is 0.673. The van der Waals surface area contributed by atoms with Crippen molar-refractivity contribution in [1.29, 1.82) is 0 Å². The molecule has 1 unspecified atom stereocenters. The third kappa shape index (κ3) is 2.84. The molecule has 1 atom stereocenters. The minimum absolute atomic E-state index is 0.0438. The summed E-state index contributed by atoms with van der Waals surface area (Å²) in [4.78, 5) is 0. The molecule has 0 amide bonds. The molecule has 106 valence electrons. The Hall–Kier alpha value is -1.29. The largest absolute Gasteiger partial charge is 0.493 e.